The number of carbonyl (C=O) groups excluding carboxylic acids is 1. The SMILES string of the molecule is O=C(COc1ccc(S(=O)(=O)N2CCCc3ccccc32)cc1Cl)Nc1c(Cl)cccc1Cl. The van der Waals surface area contributed by atoms with Gasteiger partial charge in [0.15, 0.2) is 6.61 Å². The molecule has 33 heavy (non-hydrogen) atoms. The van der Waals surface area contributed by atoms with E-state index >= 15 is 0 Å². The van der Waals surface area contributed by atoms with Crippen molar-refractivity contribution in [2.24, 2.45) is 0 Å². The van der Waals surface area contributed by atoms with E-state index in [9.17, 15) is 13.2 Å². The molecule has 0 radical (unpaired) electrons. The van der Waals surface area contributed by atoms with Crippen LogP contribution in [0.25, 0.3) is 0 Å². The molecule has 0 aromatic heterocycles. The van der Waals surface area contributed by atoms with Crippen LogP contribution in [0.5, 0.6) is 5.75 Å². The lowest BCUT2D eigenvalue weighted by atomic mass is 10.0. The highest BCUT2D eigenvalue weighted by molar-refractivity contribution is 7.92. The lowest BCUT2D eigenvalue weighted by molar-refractivity contribution is -0.118. The zero-order valence-corrected chi connectivity index (χ0v) is 20.3. The monoisotopic (exact) mass is 524 g/mol. The Hall–Kier alpha value is -2.45. The molecule has 0 unspecified atom stereocenters. The molecule has 0 saturated heterocycles. The van der Waals surface area contributed by atoms with Gasteiger partial charge < -0.3 is 10.1 Å². The number of sulfonamides is 1. The summed E-state index contributed by atoms with van der Waals surface area (Å²) in [6, 6.07) is 16.5. The van der Waals surface area contributed by atoms with E-state index in [1.54, 1.807) is 24.3 Å². The van der Waals surface area contributed by atoms with E-state index in [0.29, 0.717) is 22.3 Å². The van der Waals surface area contributed by atoms with Gasteiger partial charge in [-0.15, -0.1) is 0 Å². The number of halogens is 3. The molecule has 1 aliphatic rings. The van der Waals surface area contributed by atoms with Crippen LogP contribution in [0, 0.1) is 0 Å². The number of nitrogens with zero attached hydrogens (tertiary/aromatic N) is 1. The average Bonchev–Trinajstić information content (AvgIpc) is 2.80. The van der Waals surface area contributed by atoms with Gasteiger partial charge in [-0.2, -0.15) is 0 Å². The molecule has 4 rings (SSSR count). The van der Waals surface area contributed by atoms with Gasteiger partial charge in [0.25, 0.3) is 15.9 Å². The molecule has 1 amide bonds. The summed E-state index contributed by atoms with van der Waals surface area (Å²) >= 11 is 18.4. The second-order valence-corrected chi connectivity index (χ2v) is 10.4. The minimum atomic E-state index is -3.81. The van der Waals surface area contributed by atoms with Gasteiger partial charge in [-0.25, -0.2) is 8.42 Å². The zero-order valence-electron chi connectivity index (χ0n) is 17.2. The van der Waals surface area contributed by atoms with Crippen LogP contribution in [0.2, 0.25) is 15.1 Å². The van der Waals surface area contributed by atoms with Crippen LogP contribution in [0.3, 0.4) is 0 Å². The number of nitrogens with one attached hydrogen (secondary N) is 1. The van der Waals surface area contributed by atoms with Gasteiger partial charge >= 0.3 is 0 Å². The molecule has 3 aromatic rings. The fourth-order valence-electron chi connectivity index (χ4n) is 3.57. The standard InChI is InChI=1S/C23H19Cl3N2O4S/c24-17-7-3-8-18(25)23(17)27-22(29)14-32-21-11-10-16(13-19(21)26)33(30,31)28-12-4-6-15-5-1-2-9-20(15)28/h1-3,5,7-11,13H,4,6,12,14H2,(H,27,29). The summed E-state index contributed by atoms with van der Waals surface area (Å²) in [6.45, 7) is 0.0207. The summed E-state index contributed by atoms with van der Waals surface area (Å²) in [5.41, 5.74) is 1.95. The van der Waals surface area contributed by atoms with Gasteiger partial charge in [-0.3, -0.25) is 9.10 Å². The third-order valence-corrected chi connectivity index (χ3v) is 7.88. The highest BCUT2D eigenvalue weighted by atomic mass is 35.5. The Morgan fingerprint density at radius 1 is 0.970 bits per heavy atom. The first-order valence-corrected chi connectivity index (χ1v) is 12.6. The van der Waals surface area contributed by atoms with Crippen molar-refractivity contribution in [2.45, 2.75) is 17.7 Å². The Morgan fingerprint density at radius 3 is 2.42 bits per heavy atom. The highest BCUT2D eigenvalue weighted by Gasteiger charge is 2.29. The maximum atomic E-state index is 13.3. The van der Waals surface area contributed by atoms with Crippen LogP contribution in [-0.2, 0) is 21.2 Å². The van der Waals surface area contributed by atoms with Gasteiger partial charge in [-0.1, -0.05) is 59.1 Å². The summed E-state index contributed by atoms with van der Waals surface area (Å²) in [4.78, 5) is 12.3. The predicted octanol–water partition coefficient (Wildman–Crippen LogP) is 5.81. The minimum Gasteiger partial charge on any atom is -0.482 e. The van der Waals surface area contributed by atoms with Crippen LogP contribution < -0.4 is 14.4 Å². The van der Waals surface area contributed by atoms with Gasteiger partial charge in [0, 0.05) is 6.54 Å². The van der Waals surface area contributed by atoms with E-state index in [2.05, 4.69) is 5.32 Å². The molecule has 0 saturated carbocycles. The maximum Gasteiger partial charge on any atom is 0.264 e. The number of hydrogen-bond donors (Lipinski definition) is 1. The van der Waals surface area contributed by atoms with Crippen molar-refractivity contribution in [3.8, 4) is 5.75 Å². The van der Waals surface area contributed by atoms with Crippen LogP contribution in [0.1, 0.15) is 12.0 Å². The third kappa shape index (κ3) is 5.06. The Labute approximate surface area is 207 Å². The molecule has 10 heteroatoms. The second-order valence-electron chi connectivity index (χ2n) is 7.34. The van der Waals surface area contributed by atoms with Crippen molar-refractivity contribution in [1.82, 2.24) is 0 Å². The van der Waals surface area contributed by atoms with E-state index in [-0.39, 0.29) is 28.0 Å². The van der Waals surface area contributed by atoms with Crippen molar-refractivity contribution in [2.75, 3.05) is 22.8 Å². The van der Waals surface area contributed by atoms with Crippen LogP contribution in [0.4, 0.5) is 11.4 Å². The molecule has 0 fully saturated rings. The lowest BCUT2D eigenvalue weighted by Gasteiger charge is -2.30. The molecule has 172 valence electrons. The van der Waals surface area contributed by atoms with E-state index in [0.717, 1.165) is 18.4 Å². The molecule has 6 nitrogen and oxygen atoms in total. The molecule has 0 atom stereocenters. The topological polar surface area (TPSA) is 75.7 Å². The van der Waals surface area contributed by atoms with Crippen LogP contribution in [0.15, 0.2) is 65.6 Å². The largest absolute Gasteiger partial charge is 0.482 e. The van der Waals surface area contributed by atoms with E-state index in [4.69, 9.17) is 39.5 Å². The van der Waals surface area contributed by atoms with E-state index in [1.807, 2.05) is 18.2 Å². The normalized spacial score (nSPS) is 13.4. The summed E-state index contributed by atoms with van der Waals surface area (Å²) in [7, 11) is -3.81. The first-order valence-electron chi connectivity index (χ1n) is 10.0. The van der Waals surface area contributed by atoms with Gasteiger partial charge in [-0.05, 0) is 54.8 Å². The number of para-hydroxylation sites is 2. The maximum absolute atomic E-state index is 13.3. The molecular weight excluding hydrogens is 507 g/mol. The van der Waals surface area contributed by atoms with Gasteiger partial charge in [0.05, 0.1) is 31.3 Å². The molecule has 0 spiro atoms. The predicted molar refractivity (Wildman–Crippen MR) is 131 cm³/mol. The summed E-state index contributed by atoms with van der Waals surface area (Å²) in [5, 5.41) is 3.25. The average molecular weight is 526 g/mol. The fourth-order valence-corrected chi connectivity index (χ4v) is 5.93. The Bertz CT molecular complexity index is 1290. The number of amides is 1. The van der Waals surface area contributed by atoms with Crippen molar-refractivity contribution >= 4 is 62.1 Å². The van der Waals surface area contributed by atoms with Crippen molar-refractivity contribution < 1.29 is 17.9 Å². The molecule has 1 heterocycles. The van der Waals surface area contributed by atoms with Crippen molar-refractivity contribution in [3.05, 3.63) is 81.3 Å². The summed E-state index contributed by atoms with van der Waals surface area (Å²) in [5.74, 6) is -0.322. The van der Waals surface area contributed by atoms with Crippen molar-refractivity contribution in [1.29, 1.82) is 0 Å². The number of rotatable bonds is 6. The smallest absolute Gasteiger partial charge is 0.264 e. The van der Waals surface area contributed by atoms with Gasteiger partial charge in [0.2, 0.25) is 0 Å². The molecule has 3 aromatic carbocycles. The van der Waals surface area contributed by atoms with Crippen molar-refractivity contribution in [3.63, 3.8) is 0 Å². The number of benzene rings is 3. The first kappa shape index (κ1) is 23.7. The fraction of sp³-hybridized carbons (Fsp3) is 0.174. The number of ether oxygens (including phenoxy) is 1. The Morgan fingerprint density at radius 2 is 1.70 bits per heavy atom. The number of anilines is 2. The molecule has 0 bridgehead atoms. The number of hydrogen-bond acceptors (Lipinski definition) is 4. The van der Waals surface area contributed by atoms with E-state index < -0.39 is 15.9 Å². The second kappa shape index (κ2) is 9.81. The minimum absolute atomic E-state index is 0.0452. The number of fused-ring (bicyclic) bond motifs is 1. The summed E-state index contributed by atoms with van der Waals surface area (Å²) in [6.07, 6.45) is 1.56. The molecule has 1 aliphatic heterocycles. The van der Waals surface area contributed by atoms with Gasteiger partial charge in [0.1, 0.15) is 5.75 Å². The molecule has 0 aliphatic carbocycles. The molecular formula is C23H19Cl3N2O4S. The van der Waals surface area contributed by atoms with Crippen LogP contribution >= 0.6 is 34.8 Å². The highest BCUT2D eigenvalue weighted by Crippen LogP contribution is 2.34. The molecule has 1 N–H and O–H groups in total. The quantitative estimate of drug-likeness (QED) is 0.441. The zero-order chi connectivity index (χ0) is 23.6. The Kier molecular flexibility index (Phi) is 7.05. The van der Waals surface area contributed by atoms with Crippen LogP contribution in [-0.4, -0.2) is 27.5 Å². The number of carbonyl (C=O) groups is 1. The summed E-state index contributed by atoms with van der Waals surface area (Å²) < 4.78 is 33.5. The number of aryl methyl sites for hydroxylation is 1. The third-order valence-electron chi connectivity index (χ3n) is 5.14. The first-order chi connectivity index (χ1) is 15.8. The Balaban J connectivity index is 1.48. The lowest BCUT2D eigenvalue weighted by Crippen LogP contribution is -2.35. The van der Waals surface area contributed by atoms with E-state index in [1.165, 1.54) is 22.5 Å².